The highest BCUT2D eigenvalue weighted by Crippen LogP contribution is 2.28. The van der Waals surface area contributed by atoms with Crippen molar-refractivity contribution in [1.82, 2.24) is 9.97 Å². The van der Waals surface area contributed by atoms with Crippen LogP contribution in [-0.4, -0.2) is 30.1 Å². The maximum Gasteiger partial charge on any atom is 0.248 e. The number of halogens is 1. The second kappa shape index (κ2) is 8.21. The number of ether oxygens (including phenoxy) is 2. The zero-order valence-electron chi connectivity index (χ0n) is 15.2. The summed E-state index contributed by atoms with van der Waals surface area (Å²) >= 11 is 0. The van der Waals surface area contributed by atoms with E-state index >= 15 is 0 Å². The minimum absolute atomic E-state index is 0.0263. The van der Waals surface area contributed by atoms with Crippen LogP contribution in [-0.2, 0) is 0 Å². The van der Waals surface area contributed by atoms with Gasteiger partial charge in [-0.3, -0.25) is 4.79 Å². The number of carbonyl (C=O) groups excluding carboxylic acids is 1. The number of benzene rings is 2. The van der Waals surface area contributed by atoms with Gasteiger partial charge in [0, 0.05) is 35.1 Å². The van der Waals surface area contributed by atoms with E-state index in [-0.39, 0.29) is 11.8 Å². The molecule has 0 unspecified atom stereocenters. The van der Waals surface area contributed by atoms with E-state index in [9.17, 15) is 9.18 Å². The molecule has 9 heteroatoms. The molecule has 8 nitrogen and oxygen atoms in total. The summed E-state index contributed by atoms with van der Waals surface area (Å²) in [5.74, 6) is 0.0850. The van der Waals surface area contributed by atoms with Gasteiger partial charge in [-0.1, -0.05) is 0 Å². The fourth-order valence-corrected chi connectivity index (χ4v) is 2.38. The molecule has 0 radical (unpaired) electrons. The number of carbonyl (C=O) groups is 1. The average Bonchev–Trinajstić information content (AvgIpc) is 2.70. The van der Waals surface area contributed by atoms with Crippen LogP contribution < -0.4 is 25.8 Å². The minimum atomic E-state index is -0.628. The maximum atomic E-state index is 14.2. The van der Waals surface area contributed by atoms with Gasteiger partial charge in [-0.15, -0.1) is 0 Å². The zero-order chi connectivity index (χ0) is 20.1. The lowest BCUT2D eigenvalue weighted by molar-refractivity contribution is 0.100. The van der Waals surface area contributed by atoms with E-state index in [1.165, 1.54) is 14.2 Å². The number of hydrogen-bond donors (Lipinski definition) is 3. The summed E-state index contributed by atoms with van der Waals surface area (Å²) in [6.45, 7) is 0. The highest BCUT2D eigenvalue weighted by atomic mass is 19.1. The molecule has 28 heavy (non-hydrogen) atoms. The van der Waals surface area contributed by atoms with Crippen LogP contribution in [0.25, 0.3) is 0 Å². The minimum Gasteiger partial charge on any atom is -0.497 e. The van der Waals surface area contributed by atoms with E-state index in [1.54, 1.807) is 42.5 Å². The number of anilines is 4. The van der Waals surface area contributed by atoms with Gasteiger partial charge in [-0.2, -0.15) is 4.98 Å². The predicted octanol–water partition coefficient (Wildman–Crippen LogP) is 3.22. The normalized spacial score (nSPS) is 10.2. The molecule has 144 valence electrons. The SMILES string of the molecule is COc1cc(Nc2nc(Nc3ccc(C(N)=O)cc3)ncc2F)cc(OC)c1. The quantitative estimate of drug-likeness (QED) is 0.574. The van der Waals surface area contributed by atoms with Crippen LogP contribution in [0.4, 0.5) is 27.5 Å². The number of nitrogens with two attached hydrogens (primary N) is 1. The zero-order valence-corrected chi connectivity index (χ0v) is 15.2. The van der Waals surface area contributed by atoms with Crippen molar-refractivity contribution in [2.75, 3.05) is 24.9 Å². The Hall–Kier alpha value is -3.88. The molecule has 0 aliphatic heterocycles. The molecule has 0 fully saturated rings. The Morgan fingerprint density at radius 1 is 1.00 bits per heavy atom. The molecule has 0 bridgehead atoms. The van der Waals surface area contributed by atoms with Crippen molar-refractivity contribution in [3.8, 4) is 11.5 Å². The Kier molecular flexibility index (Phi) is 5.54. The smallest absolute Gasteiger partial charge is 0.248 e. The molecule has 1 aromatic heterocycles. The molecule has 0 aliphatic carbocycles. The monoisotopic (exact) mass is 383 g/mol. The first-order valence-electron chi connectivity index (χ1n) is 8.18. The van der Waals surface area contributed by atoms with Crippen molar-refractivity contribution in [3.05, 3.63) is 60.0 Å². The lowest BCUT2D eigenvalue weighted by Crippen LogP contribution is -2.10. The van der Waals surface area contributed by atoms with Crippen LogP contribution in [0.5, 0.6) is 11.5 Å². The van der Waals surface area contributed by atoms with Crippen molar-refractivity contribution in [3.63, 3.8) is 0 Å². The van der Waals surface area contributed by atoms with Crippen LogP contribution in [0, 0.1) is 5.82 Å². The maximum absolute atomic E-state index is 14.2. The highest BCUT2D eigenvalue weighted by molar-refractivity contribution is 5.93. The van der Waals surface area contributed by atoms with Gasteiger partial charge < -0.3 is 25.8 Å². The first-order chi connectivity index (χ1) is 13.5. The van der Waals surface area contributed by atoms with Gasteiger partial charge in [0.25, 0.3) is 0 Å². The van der Waals surface area contributed by atoms with E-state index in [1.807, 2.05) is 0 Å². The average molecular weight is 383 g/mol. The van der Waals surface area contributed by atoms with Crippen molar-refractivity contribution in [1.29, 1.82) is 0 Å². The molecule has 1 heterocycles. The summed E-state index contributed by atoms with van der Waals surface area (Å²) in [6, 6.07) is 11.5. The summed E-state index contributed by atoms with van der Waals surface area (Å²) in [4.78, 5) is 19.2. The summed E-state index contributed by atoms with van der Waals surface area (Å²) in [6.07, 6.45) is 1.05. The molecule has 0 saturated carbocycles. The number of amides is 1. The van der Waals surface area contributed by atoms with Crippen molar-refractivity contribution >= 4 is 29.0 Å². The van der Waals surface area contributed by atoms with Crippen LogP contribution in [0.3, 0.4) is 0 Å². The predicted molar refractivity (Wildman–Crippen MR) is 103 cm³/mol. The summed E-state index contributed by atoms with van der Waals surface area (Å²) in [7, 11) is 3.05. The first-order valence-corrected chi connectivity index (χ1v) is 8.18. The molecule has 1 amide bonds. The number of methoxy groups -OCH3 is 2. The molecule has 0 saturated heterocycles. The van der Waals surface area contributed by atoms with E-state index in [0.717, 1.165) is 6.20 Å². The van der Waals surface area contributed by atoms with E-state index < -0.39 is 11.7 Å². The van der Waals surface area contributed by atoms with Crippen LogP contribution in [0.1, 0.15) is 10.4 Å². The Balaban J connectivity index is 1.82. The highest BCUT2D eigenvalue weighted by Gasteiger charge is 2.10. The van der Waals surface area contributed by atoms with Crippen molar-refractivity contribution in [2.45, 2.75) is 0 Å². The Bertz CT molecular complexity index is 973. The van der Waals surface area contributed by atoms with Gasteiger partial charge in [0.2, 0.25) is 11.9 Å². The third-order valence-corrected chi connectivity index (χ3v) is 3.78. The van der Waals surface area contributed by atoms with Gasteiger partial charge in [-0.25, -0.2) is 9.37 Å². The molecule has 0 atom stereocenters. The topological polar surface area (TPSA) is 111 Å². The first kappa shape index (κ1) is 18.9. The Morgan fingerprint density at radius 2 is 1.64 bits per heavy atom. The second-order valence-corrected chi connectivity index (χ2v) is 5.68. The standard InChI is InChI=1S/C19H18FN5O3/c1-27-14-7-13(8-15(9-14)28-2)23-18-16(20)10-22-19(25-18)24-12-5-3-11(4-6-12)17(21)26/h3-10H,1-2H3,(H2,21,26)(H2,22,23,24,25). The summed E-state index contributed by atoms with van der Waals surface area (Å²) < 4.78 is 24.6. The number of nitrogens with zero attached hydrogens (tertiary/aromatic N) is 2. The van der Waals surface area contributed by atoms with Crippen molar-refractivity contribution in [2.24, 2.45) is 5.73 Å². The van der Waals surface area contributed by atoms with Crippen molar-refractivity contribution < 1.29 is 18.7 Å². The molecular weight excluding hydrogens is 365 g/mol. The largest absolute Gasteiger partial charge is 0.497 e. The van der Waals surface area contributed by atoms with Gasteiger partial charge in [0.1, 0.15) is 11.5 Å². The fraction of sp³-hybridized carbons (Fsp3) is 0.105. The molecule has 3 aromatic rings. The number of nitrogens with one attached hydrogen (secondary N) is 2. The molecule has 0 spiro atoms. The summed E-state index contributed by atoms with van der Waals surface area (Å²) in [5.41, 5.74) is 6.74. The number of primary amides is 1. The molecule has 3 rings (SSSR count). The summed E-state index contributed by atoms with van der Waals surface area (Å²) in [5, 5.41) is 5.82. The van der Waals surface area contributed by atoms with Crippen LogP contribution >= 0.6 is 0 Å². The Morgan fingerprint density at radius 3 is 2.21 bits per heavy atom. The Labute approximate surface area is 160 Å². The molecule has 2 aromatic carbocycles. The van der Waals surface area contributed by atoms with E-state index in [2.05, 4.69) is 20.6 Å². The van der Waals surface area contributed by atoms with Gasteiger partial charge >= 0.3 is 0 Å². The van der Waals surface area contributed by atoms with E-state index in [4.69, 9.17) is 15.2 Å². The lowest BCUT2D eigenvalue weighted by atomic mass is 10.2. The number of hydrogen-bond acceptors (Lipinski definition) is 7. The fourth-order valence-electron chi connectivity index (χ4n) is 2.38. The molecular formula is C19H18FN5O3. The molecule has 0 aliphatic rings. The third kappa shape index (κ3) is 4.44. The van der Waals surface area contributed by atoms with E-state index in [0.29, 0.717) is 28.4 Å². The molecule has 4 N–H and O–H groups in total. The third-order valence-electron chi connectivity index (χ3n) is 3.78. The second-order valence-electron chi connectivity index (χ2n) is 5.68. The van der Waals surface area contributed by atoms with Gasteiger partial charge in [0.15, 0.2) is 11.6 Å². The van der Waals surface area contributed by atoms with Crippen LogP contribution in [0.2, 0.25) is 0 Å². The van der Waals surface area contributed by atoms with Gasteiger partial charge in [-0.05, 0) is 24.3 Å². The lowest BCUT2D eigenvalue weighted by Gasteiger charge is -2.12. The van der Waals surface area contributed by atoms with Gasteiger partial charge in [0.05, 0.1) is 20.4 Å². The number of aromatic nitrogens is 2. The number of rotatable bonds is 7. The van der Waals surface area contributed by atoms with Crippen LogP contribution in [0.15, 0.2) is 48.7 Å².